The molecule has 1 aromatic heterocycles. The highest BCUT2D eigenvalue weighted by Crippen LogP contribution is 2.30. The van der Waals surface area contributed by atoms with E-state index in [1.165, 1.54) is 0 Å². The van der Waals surface area contributed by atoms with Crippen molar-refractivity contribution in [2.75, 3.05) is 19.8 Å². The standard InChI is InChI=1S/C20H25N3O2/c1-3-24-18-10-9-14(12-19(18)25-4-2)11-15(13-21)20-22-16-7-5-6-8-17(16)23-20/h5-10,12,15H,3-4,11,13,21H2,1-2H3,(H,22,23). The molecule has 1 unspecified atom stereocenters. The minimum Gasteiger partial charge on any atom is -0.490 e. The van der Waals surface area contributed by atoms with Gasteiger partial charge in [-0.05, 0) is 50.1 Å². The fourth-order valence-corrected chi connectivity index (χ4v) is 2.96. The molecule has 25 heavy (non-hydrogen) atoms. The van der Waals surface area contributed by atoms with Crippen molar-refractivity contribution < 1.29 is 9.47 Å². The van der Waals surface area contributed by atoms with Gasteiger partial charge in [0.2, 0.25) is 0 Å². The predicted octanol–water partition coefficient (Wildman–Crippen LogP) is 3.65. The second-order valence-electron chi connectivity index (χ2n) is 5.92. The predicted molar refractivity (Wildman–Crippen MR) is 100 cm³/mol. The van der Waals surface area contributed by atoms with Crippen LogP contribution in [0.15, 0.2) is 42.5 Å². The normalized spacial score (nSPS) is 12.3. The van der Waals surface area contributed by atoms with E-state index in [9.17, 15) is 0 Å². The molecule has 0 amide bonds. The Bertz CT molecular complexity index is 796. The van der Waals surface area contributed by atoms with Crippen molar-refractivity contribution in [3.63, 3.8) is 0 Å². The van der Waals surface area contributed by atoms with Crippen molar-refractivity contribution in [1.29, 1.82) is 0 Å². The van der Waals surface area contributed by atoms with Gasteiger partial charge in [0.05, 0.1) is 24.2 Å². The molecule has 0 aliphatic heterocycles. The molecular weight excluding hydrogens is 314 g/mol. The van der Waals surface area contributed by atoms with Crippen molar-refractivity contribution >= 4 is 11.0 Å². The van der Waals surface area contributed by atoms with Crippen LogP contribution in [-0.2, 0) is 6.42 Å². The van der Waals surface area contributed by atoms with Crippen LogP contribution in [0.25, 0.3) is 11.0 Å². The number of aromatic amines is 1. The van der Waals surface area contributed by atoms with E-state index in [0.717, 1.165) is 40.3 Å². The van der Waals surface area contributed by atoms with Gasteiger partial charge in [-0.25, -0.2) is 4.98 Å². The fraction of sp³-hybridized carbons (Fsp3) is 0.350. The van der Waals surface area contributed by atoms with Crippen LogP contribution >= 0.6 is 0 Å². The van der Waals surface area contributed by atoms with E-state index < -0.39 is 0 Å². The third kappa shape index (κ3) is 3.94. The first kappa shape index (κ1) is 17.3. The summed E-state index contributed by atoms with van der Waals surface area (Å²) < 4.78 is 11.4. The number of nitrogens with zero attached hydrogens (tertiary/aromatic N) is 1. The Morgan fingerprint density at radius 1 is 1.04 bits per heavy atom. The Hall–Kier alpha value is -2.53. The number of rotatable bonds is 8. The molecule has 3 N–H and O–H groups in total. The minimum absolute atomic E-state index is 0.125. The molecule has 0 radical (unpaired) electrons. The average Bonchev–Trinajstić information content (AvgIpc) is 3.06. The van der Waals surface area contributed by atoms with Crippen molar-refractivity contribution in [2.45, 2.75) is 26.2 Å². The molecule has 0 aliphatic rings. The quantitative estimate of drug-likeness (QED) is 0.657. The van der Waals surface area contributed by atoms with Crippen LogP contribution < -0.4 is 15.2 Å². The topological polar surface area (TPSA) is 73.2 Å². The number of nitrogens with two attached hydrogens (primary N) is 1. The number of fused-ring (bicyclic) bond motifs is 1. The van der Waals surface area contributed by atoms with Gasteiger partial charge >= 0.3 is 0 Å². The van der Waals surface area contributed by atoms with E-state index in [4.69, 9.17) is 20.2 Å². The summed E-state index contributed by atoms with van der Waals surface area (Å²) in [7, 11) is 0. The number of hydrogen-bond donors (Lipinski definition) is 2. The third-order valence-electron chi connectivity index (χ3n) is 4.17. The monoisotopic (exact) mass is 339 g/mol. The van der Waals surface area contributed by atoms with Crippen molar-refractivity contribution in [3.8, 4) is 11.5 Å². The van der Waals surface area contributed by atoms with Crippen molar-refractivity contribution in [1.82, 2.24) is 9.97 Å². The fourth-order valence-electron chi connectivity index (χ4n) is 2.96. The number of benzene rings is 2. The summed E-state index contributed by atoms with van der Waals surface area (Å²) in [6, 6.07) is 14.1. The molecule has 0 fully saturated rings. The summed E-state index contributed by atoms with van der Waals surface area (Å²) in [6.07, 6.45) is 0.794. The summed E-state index contributed by atoms with van der Waals surface area (Å²) in [5.74, 6) is 2.61. The Labute approximate surface area is 148 Å². The van der Waals surface area contributed by atoms with Gasteiger partial charge in [-0.3, -0.25) is 0 Å². The number of para-hydroxylation sites is 2. The number of nitrogens with one attached hydrogen (secondary N) is 1. The smallest absolute Gasteiger partial charge is 0.161 e. The van der Waals surface area contributed by atoms with Gasteiger partial charge in [0, 0.05) is 12.5 Å². The molecular formula is C20H25N3O2. The number of H-pyrrole nitrogens is 1. The van der Waals surface area contributed by atoms with Gasteiger partial charge < -0.3 is 20.2 Å². The van der Waals surface area contributed by atoms with E-state index in [1.807, 2.05) is 50.2 Å². The third-order valence-corrected chi connectivity index (χ3v) is 4.17. The second-order valence-corrected chi connectivity index (χ2v) is 5.92. The average molecular weight is 339 g/mol. The van der Waals surface area contributed by atoms with Crippen LogP contribution in [-0.4, -0.2) is 29.7 Å². The molecule has 3 aromatic rings. The van der Waals surface area contributed by atoms with Crippen molar-refractivity contribution in [2.24, 2.45) is 5.73 Å². The first-order chi connectivity index (χ1) is 12.2. The maximum atomic E-state index is 6.03. The molecule has 5 nitrogen and oxygen atoms in total. The van der Waals surface area contributed by atoms with Gasteiger partial charge in [-0.15, -0.1) is 0 Å². The van der Waals surface area contributed by atoms with E-state index >= 15 is 0 Å². The molecule has 2 aromatic carbocycles. The lowest BCUT2D eigenvalue weighted by Crippen LogP contribution is -2.16. The molecule has 5 heteroatoms. The van der Waals surface area contributed by atoms with Gasteiger partial charge in [0.15, 0.2) is 11.5 Å². The first-order valence-electron chi connectivity index (χ1n) is 8.78. The van der Waals surface area contributed by atoms with E-state index in [0.29, 0.717) is 19.8 Å². The Kier molecular flexibility index (Phi) is 5.56. The van der Waals surface area contributed by atoms with Crippen LogP contribution in [0.2, 0.25) is 0 Å². The van der Waals surface area contributed by atoms with Crippen LogP contribution in [0.5, 0.6) is 11.5 Å². The molecule has 0 aliphatic carbocycles. The summed E-state index contributed by atoms with van der Waals surface area (Å²) in [5, 5.41) is 0. The van der Waals surface area contributed by atoms with E-state index in [-0.39, 0.29) is 5.92 Å². The Balaban J connectivity index is 1.84. The van der Waals surface area contributed by atoms with Gasteiger partial charge in [-0.2, -0.15) is 0 Å². The number of hydrogen-bond acceptors (Lipinski definition) is 4. The second kappa shape index (κ2) is 8.03. The largest absolute Gasteiger partial charge is 0.490 e. The highest BCUT2D eigenvalue weighted by molar-refractivity contribution is 5.74. The number of imidazole rings is 1. The zero-order valence-electron chi connectivity index (χ0n) is 14.8. The SMILES string of the molecule is CCOc1ccc(CC(CN)c2nc3ccccc3[nH]2)cc1OCC. The number of ether oxygens (including phenoxy) is 2. The molecule has 132 valence electrons. The molecule has 1 heterocycles. The number of aromatic nitrogens is 2. The highest BCUT2D eigenvalue weighted by Gasteiger charge is 2.16. The highest BCUT2D eigenvalue weighted by atomic mass is 16.5. The zero-order chi connectivity index (χ0) is 17.6. The molecule has 1 atom stereocenters. The van der Waals surface area contributed by atoms with Crippen LogP contribution in [0.4, 0.5) is 0 Å². The zero-order valence-corrected chi connectivity index (χ0v) is 14.8. The maximum Gasteiger partial charge on any atom is 0.161 e. The Morgan fingerprint density at radius 3 is 2.52 bits per heavy atom. The Morgan fingerprint density at radius 2 is 1.80 bits per heavy atom. The molecule has 0 saturated carbocycles. The summed E-state index contributed by atoms with van der Waals surface area (Å²) in [6.45, 7) is 5.68. The summed E-state index contributed by atoms with van der Waals surface area (Å²) in [5.41, 5.74) is 9.20. The maximum absolute atomic E-state index is 6.03. The lowest BCUT2D eigenvalue weighted by Gasteiger charge is -2.15. The van der Waals surface area contributed by atoms with E-state index in [2.05, 4.69) is 11.1 Å². The lowest BCUT2D eigenvalue weighted by molar-refractivity contribution is 0.287. The van der Waals surface area contributed by atoms with Crippen LogP contribution in [0.1, 0.15) is 31.2 Å². The summed E-state index contributed by atoms with van der Waals surface area (Å²) >= 11 is 0. The minimum atomic E-state index is 0.125. The van der Waals surface area contributed by atoms with Gasteiger partial charge in [0.25, 0.3) is 0 Å². The van der Waals surface area contributed by atoms with Gasteiger partial charge in [0.1, 0.15) is 5.82 Å². The molecule has 0 bridgehead atoms. The van der Waals surface area contributed by atoms with E-state index in [1.54, 1.807) is 0 Å². The van der Waals surface area contributed by atoms with Gasteiger partial charge in [-0.1, -0.05) is 18.2 Å². The van der Waals surface area contributed by atoms with Crippen molar-refractivity contribution in [3.05, 3.63) is 53.9 Å². The summed E-state index contributed by atoms with van der Waals surface area (Å²) in [4.78, 5) is 8.09. The first-order valence-corrected chi connectivity index (χ1v) is 8.78. The lowest BCUT2D eigenvalue weighted by atomic mass is 9.98. The van der Waals surface area contributed by atoms with Crippen LogP contribution in [0, 0.1) is 0 Å². The molecule has 3 rings (SSSR count). The molecule has 0 saturated heterocycles. The molecule has 0 spiro atoms. The van der Waals surface area contributed by atoms with Crippen LogP contribution in [0.3, 0.4) is 0 Å².